The minimum atomic E-state index is -3.37. The molecule has 0 aliphatic carbocycles. The number of halogens is 1. The summed E-state index contributed by atoms with van der Waals surface area (Å²) in [5.41, 5.74) is 1.04. The van der Waals surface area contributed by atoms with E-state index in [0.717, 1.165) is 10.4 Å². The Balaban J connectivity index is 1.61. The largest absolute Gasteiger partial charge is 0.296 e. The van der Waals surface area contributed by atoms with E-state index in [2.05, 4.69) is 4.90 Å². The molecule has 1 saturated heterocycles. The zero-order chi connectivity index (χ0) is 16.4. The zero-order valence-corrected chi connectivity index (χ0v) is 14.5. The molecular formula is C16H19FN2O2S2. The van der Waals surface area contributed by atoms with Crippen molar-refractivity contribution in [1.29, 1.82) is 0 Å². The predicted octanol–water partition coefficient (Wildman–Crippen LogP) is 2.70. The first-order chi connectivity index (χ1) is 10.9. The number of sulfonamides is 1. The third-order valence-electron chi connectivity index (χ3n) is 3.96. The fourth-order valence-electron chi connectivity index (χ4n) is 2.65. The van der Waals surface area contributed by atoms with Gasteiger partial charge in [-0.05, 0) is 36.8 Å². The zero-order valence-electron chi connectivity index (χ0n) is 12.9. The average molecular weight is 354 g/mol. The Labute approximate surface area is 140 Å². The number of hydrogen-bond donors (Lipinski definition) is 0. The molecule has 1 fully saturated rings. The maximum atomic E-state index is 12.9. The highest BCUT2D eigenvalue weighted by Crippen LogP contribution is 2.25. The van der Waals surface area contributed by atoms with Gasteiger partial charge < -0.3 is 0 Å². The lowest BCUT2D eigenvalue weighted by Crippen LogP contribution is -2.48. The molecule has 0 spiro atoms. The molecule has 3 rings (SSSR count). The van der Waals surface area contributed by atoms with Crippen LogP contribution in [-0.2, 0) is 16.6 Å². The van der Waals surface area contributed by atoms with Crippen LogP contribution in [0.5, 0.6) is 0 Å². The summed E-state index contributed by atoms with van der Waals surface area (Å²) in [6.45, 7) is 4.96. The van der Waals surface area contributed by atoms with Crippen LogP contribution in [0.15, 0.2) is 40.6 Å². The van der Waals surface area contributed by atoms with Crippen LogP contribution in [-0.4, -0.2) is 43.8 Å². The topological polar surface area (TPSA) is 40.6 Å². The molecule has 1 aliphatic heterocycles. The van der Waals surface area contributed by atoms with Gasteiger partial charge in [0.1, 0.15) is 10.0 Å². The molecule has 0 bridgehead atoms. The molecular weight excluding hydrogens is 335 g/mol. The normalized spacial score (nSPS) is 17.5. The summed E-state index contributed by atoms with van der Waals surface area (Å²) in [7, 11) is -3.37. The molecule has 0 atom stereocenters. The number of rotatable bonds is 4. The predicted molar refractivity (Wildman–Crippen MR) is 89.5 cm³/mol. The van der Waals surface area contributed by atoms with Gasteiger partial charge in [0.25, 0.3) is 10.0 Å². The van der Waals surface area contributed by atoms with Crippen molar-refractivity contribution in [2.24, 2.45) is 0 Å². The van der Waals surface area contributed by atoms with Gasteiger partial charge in [-0.1, -0.05) is 12.1 Å². The van der Waals surface area contributed by atoms with E-state index >= 15 is 0 Å². The maximum absolute atomic E-state index is 12.9. The third kappa shape index (κ3) is 3.80. The van der Waals surface area contributed by atoms with Gasteiger partial charge in [-0.3, -0.25) is 4.90 Å². The molecule has 0 saturated carbocycles. The fraction of sp³-hybridized carbons (Fsp3) is 0.375. The summed E-state index contributed by atoms with van der Waals surface area (Å²) in [5, 5.41) is 0. The van der Waals surface area contributed by atoms with Crippen molar-refractivity contribution >= 4 is 21.4 Å². The van der Waals surface area contributed by atoms with Crippen LogP contribution in [0.3, 0.4) is 0 Å². The van der Waals surface area contributed by atoms with Crippen molar-refractivity contribution in [3.63, 3.8) is 0 Å². The molecule has 1 aliphatic rings. The van der Waals surface area contributed by atoms with Gasteiger partial charge in [-0.15, -0.1) is 11.3 Å². The van der Waals surface area contributed by atoms with E-state index in [4.69, 9.17) is 0 Å². The lowest BCUT2D eigenvalue weighted by atomic mass is 10.2. The maximum Gasteiger partial charge on any atom is 0.252 e. The van der Waals surface area contributed by atoms with Gasteiger partial charge in [0.15, 0.2) is 0 Å². The summed E-state index contributed by atoms with van der Waals surface area (Å²) in [4.78, 5) is 3.19. The van der Waals surface area contributed by atoms with E-state index in [1.165, 1.54) is 23.5 Å². The number of hydrogen-bond acceptors (Lipinski definition) is 4. The monoisotopic (exact) mass is 354 g/mol. The minimum Gasteiger partial charge on any atom is -0.296 e. The SMILES string of the molecule is Cc1ccc(S(=O)(=O)N2CCN(Cc3ccc(F)cc3)CC2)s1. The van der Waals surface area contributed by atoms with Crippen LogP contribution in [0, 0.1) is 12.7 Å². The Morgan fingerprint density at radius 3 is 2.26 bits per heavy atom. The molecule has 0 radical (unpaired) electrons. The number of benzene rings is 1. The van der Waals surface area contributed by atoms with Gasteiger partial charge in [0.05, 0.1) is 0 Å². The second kappa shape index (κ2) is 6.68. The van der Waals surface area contributed by atoms with Gasteiger partial charge in [0.2, 0.25) is 0 Å². The number of thiophene rings is 1. The molecule has 2 aromatic rings. The first-order valence-corrected chi connectivity index (χ1v) is 9.74. The molecule has 4 nitrogen and oxygen atoms in total. The number of nitrogens with zero attached hydrogens (tertiary/aromatic N) is 2. The second-order valence-corrected chi connectivity index (χ2v) is 9.12. The quantitative estimate of drug-likeness (QED) is 0.848. The van der Waals surface area contributed by atoms with E-state index in [0.29, 0.717) is 36.9 Å². The molecule has 0 amide bonds. The molecule has 23 heavy (non-hydrogen) atoms. The second-order valence-electron chi connectivity index (χ2n) is 5.67. The van der Waals surface area contributed by atoms with Crippen LogP contribution >= 0.6 is 11.3 Å². The third-order valence-corrected chi connectivity index (χ3v) is 7.33. The Morgan fingerprint density at radius 2 is 1.70 bits per heavy atom. The Morgan fingerprint density at radius 1 is 1.04 bits per heavy atom. The summed E-state index contributed by atoms with van der Waals surface area (Å²) in [6, 6.07) is 9.96. The standard InChI is InChI=1S/C16H19FN2O2S2/c1-13-2-7-16(22-13)23(20,21)19-10-8-18(9-11-19)12-14-3-5-15(17)6-4-14/h2-7H,8-12H2,1H3. The molecule has 1 aromatic carbocycles. The molecule has 0 N–H and O–H groups in total. The molecule has 124 valence electrons. The van der Waals surface area contributed by atoms with Gasteiger partial charge in [-0.2, -0.15) is 4.31 Å². The van der Waals surface area contributed by atoms with Crippen LogP contribution in [0.25, 0.3) is 0 Å². The van der Waals surface area contributed by atoms with Crippen LogP contribution in [0.4, 0.5) is 4.39 Å². The van der Waals surface area contributed by atoms with E-state index in [1.54, 1.807) is 22.5 Å². The smallest absolute Gasteiger partial charge is 0.252 e. The number of piperazine rings is 1. The van der Waals surface area contributed by atoms with Crippen molar-refractivity contribution in [2.45, 2.75) is 17.7 Å². The first kappa shape index (κ1) is 16.6. The summed E-state index contributed by atoms with van der Waals surface area (Å²) < 4.78 is 40.1. The first-order valence-electron chi connectivity index (χ1n) is 7.48. The highest BCUT2D eigenvalue weighted by molar-refractivity contribution is 7.91. The summed E-state index contributed by atoms with van der Waals surface area (Å²) in [5.74, 6) is -0.240. The molecule has 7 heteroatoms. The van der Waals surface area contributed by atoms with Crippen molar-refractivity contribution in [3.8, 4) is 0 Å². The number of aryl methyl sites for hydroxylation is 1. The highest BCUT2D eigenvalue weighted by atomic mass is 32.2. The van der Waals surface area contributed by atoms with Crippen LogP contribution in [0.2, 0.25) is 0 Å². The van der Waals surface area contributed by atoms with Crippen molar-refractivity contribution in [1.82, 2.24) is 9.21 Å². The minimum absolute atomic E-state index is 0.240. The Kier molecular flexibility index (Phi) is 4.82. The van der Waals surface area contributed by atoms with E-state index in [-0.39, 0.29) is 5.82 Å². The lowest BCUT2D eigenvalue weighted by molar-refractivity contribution is 0.181. The van der Waals surface area contributed by atoms with E-state index in [1.807, 2.05) is 13.0 Å². The molecule has 1 aromatic heterocycles. The molecule has 0 unspecified atom stereocenters. The van der Waals surface area contributed by atoms with Crippen LogP contribution in [0.1, 0.15) is 10.4 Å². The van der Waals surface area contributed by atoms with Gasteiger partial charge >= 0.3 is 0 Å². The summed E-state index contributed by atoms with van der Waals surface area (Å²) in [6.07, 6.45) is 0. The van der Waals surface area contributed by atoms with E-state index in [9.17, 15) is 12.8 Å². The lowest BCUT2D eigenvalue weighted by Gasteiger charge is -2.33. The van der Waals surface area contributed by atoms with Crippen LogP contribution < -0.4 is 0 Å². The molecule has 2 heterocycles. The Hall–Kier alpha value is -1.28. The van der Waals surface area contributed by atoms with Gasteiger partial charge in [0, 0.05) is 37.6 Å². The Bertz CT molecular complexity index is 764. The van der Waals surface area contributed by atoms with Gasteiger partial charge in [-0.25, -0.2) is 12.8 Å². The fourth-order valence-corrected chi connectivity index (χ4v) is 5.51. The average Bonchev–Trinajstić information content (AvgIpc) is 2.98. The van der Waals surface area contributed by atoms with E-state index < -0.39 is 10.0 Å². The van der Waals surface area contributed by atoms with Crippen molar-refractivity contribution in [3.05, 3.63) is 52.7 Å². The van der Waals surface area contributed by atoms with Crippen molar-refractivity contribution < 1.29 is 12.8 Å². The highest BCUT2D eigenvalue weighted by Gasteiger charge is 2.29. The van der Waals surface area contributed by atoms with Crippen molar-refractivity contribution in [2.75, 3.05) is 26.2 Å². The summed E-state index contributed by atoms with van der Waals surface area (Å²) >= 11 is 1.31.